The molecular weight excluding hydrogens is 357 g/mol. The molecule has 3 rings (SSSR count). The molecule has 136 valence electrons. The predicted octanol–water partition coefficient (Wildman–Crippen LogP) is 3.93. The van der Waals surface area contributed by atoms with Crippen LogP contribution in [0.3, 0.4) is 0 Å². The summed E-state index contributed by atoms with van der Waals surface area (Å²) in [5.74, 6) is -1.57. The quantitative estimate of drug-likeness (QED) is 0.761. The maximum atomic E-state index is 13.8. The Bertz CT molecular complexity index is 834. The van der Waals surface area contributed by atoms with Crippen molar-refractivity contribution in [3.8, 4) is 0 Å². The lowest BCUT2D eigenvalue weighted by Gasteiger charge is -2.26. The molecule has 0 bridgehead atoms. The van der Waals surface area contributed by atoms with E-state index < -0.39 is 17.9 Å². The van der Waals surface area contributed by atoms with E-state index in [1.165, 1.54) is 25.1 Å². The fourth-order valence-electron chi connectivity index (χ4n) is 3.23. The minimum absolute atomic E-state index is 0.0120. The minimum atomic E-state index is -0.971. The van der Waals surface area contributed by atoms with Gasteiger partial charge in [-0.3, -0.25) is 9.59 Å². The summed E-state index contributed by atoms with van der Waals surface area (Å²) >= 11 is 5.93. The van der Waals surface area contributed by atoms with Crippen LogP contribution in [0.1, 0.15) is 25.0 Å². The molecule has 0 N–H and O–H groups in total. The number of hydrogen-bond donors (Lipinski definition) is 0. The lowest BCUT2D eigenvalue weighted by molar-refractivity contribution is -0.153. The molecule has 0 saturated heterocycles. The van der Waals surface area contributed by atoms with E-state index in [1.54, 1.807) is 4.90 Å². The van der Waals surface area contributed by atoms with Gasteiger partial charge < -0.3 is 9.64 Å². The van der Waals surface area contributed by atoms with Gasteiger partial charge in [0, 0.05) is 22.3 Å². The number of carbonyl (C=O) groups excluding carboxylic acids is 2. The van der Waals surface area contributed by atoms with E-state index in [-0.39, 0.29) is 29.0 Å². The number of hydrogen-bond acceptors (Lipinski definition) is 3. The van der Waals surface area contributed by atoms with Crippen molar-refractivity contribution in [3.63, 3.8) is 0 Å². The minimum Gasteiger partial charge on any atom is -0.452 e. The standard InChI is InChI=1S/C20H19ClFNO3/c1-12-10-14-6-3-4-9-18(14)23(12)20(25)13(2)26-19(24)11-15-16(21)7-5-8-17(15)22/h3-9,12-13H,10-11H2,1-2H3/t12-,13+/m1/s1. The lowest BCUT2D eigenvalue weighted by Crippen LogP contribution is -2.43. The number of ether oxygens (including phenoxy) is 1. The first-order chi connectivity index (χ1) is 12.4. The van der Waals surface area contributed by atoms with Crippen molar-refractivity contribution in [2.75, 3.05) is 4.90 Å². The van der Waals surface area contributed by atoms with Gasteiger partial charge in [0.05, 0.1) is 6.42 Å². The molecule has 1 aliphatic heterocycles. The topological polar surface area (TPSA) is 46.6 Å². The Kier molecular flexibility index (Phi) is 5.28. The number of rotatable bonds is 4. The third-order valence-electron chi connectivity index (χ3n) is 4.48. The van der Waals surface area contributed by atoms with Gasteiger partial charge in [0.1, 0.15) is 5.82 Å². The largest absolute Gasteiger partial charge is 0.452 e. The van der Waals surface area contributed by atoms with Crippen molar-refractivity contribution in [3.05, 3.63) is 64.4 Å². The van der Waals surface area contributed by atoms with Gasteiger partial charge in [-0.1, -0.05) is 35.9 Å². The van der Waals surface area contributed by atoms with Gasteiger partial charge in [-0.2, -0.15) is 0 Å². The predicted molar refractivity (Wildman–Crippen MR) is 97.8 cm³/mol. The molecule has 6 heteroatoms. The zero-order chi connectivity index (χ0) is 18.8. The van der Waals surface area contributed by atoms with Crippen LogP contribution in [0.25, 0.3) is 0 Å². The maximum Gasteiger partial charge on any atom is 0.311 e. The third kappa shape index (κ3) is 3.58. The van der Waals surface area contributed by atoms with Crippen LogP contribution in [0.2, 0.25) is 5.02 Å². The van der Waals surface area contributed by atoms with Crippen LogP contribution in [0.5, 0.6) is 0 Å². The lowest BCUT2D eigenvalue weighted by atomic mass is 10.1. The fraction of sp³-hybridized carbons (Fsp3) is 0.300. The number of carbonyl (C=O) groups is 2. The van der Waals surface area contributed by atoms with E-state index in [0.717, 1.165) is 17.7 Å². The van der Waals surface area contributed by atoms with Crippen LogP contribution in [-0.2, 0) is 27.2 Å². The van der Waals surface area contributed by atoms with Gasteiger partial charge in [-0.25, -0.2) is 4.39 Å². The van der Waals surface area contributed by atoms with Crippen LogP contribution in [-0.4, -0.2) is 24.0 Å². The van der Waals surface area contributed by atoms with Crippen molar-refractivity contribution < 1.29 is 18.7 Å². The highest BCUT2D eigenvalue weighted by Gasteiger charge is 2.34. The first-order valence-corrected chi connectivity index (χ1v) is 8.79. The molecule has 0 saturated carbocycles. The summed E-state index contributed by atoms with van der Waals surface area (Å²) in [5.41, 5.74) is 1.99. The third-order valence-corrected chi connectivity index (χ3v) is 4.84. The number of para-hydroxylation sites is 1. The van der Waals surface area contributed by atoms with E-state index in [4.69, 9.17) is 16.3 Å². The van der Waals surface area contributed by atoms with Crippen LogP contribution >= 0.6 is 11.6 Å². The molecule has 0 unspecified atom stereocenters. The van der Waals surface area contributed by atoms with Gasteiger partial charge in [-0.05, 0) is 44.0 Å². The molecule has 1 aliphatic rings. The molecular formula is C20H19ClFNO3. The number of anilines is 1. The Balaban J connectivity index is 1.69. The molecule has 0 aliphatic carbocycles. The summed E-state index contributed by atoms with van der Waals surface area (Å²) < 4.78 is 19.0. The zero-order valence-electron chi connectivity index (χ0n) is 14.5. The molecule has 2 aromatic rings. The Hall–Kier alpha value is -2.40. The van der Waals surface area contributed by atoms with Crippen LogP contribution < -0.4 is 4.90 Å². The number of halogens is 2. The molecule has 2 aromatic carbocycles. The van der Waals surface area contributed by atoms with E-state index in [0.29, 0.717) is 0 Å². The van der Waals surface area contributed by atoms with Crippen LogP contribution in [0.15, 0.2) is 42.5 Å². The molecule has 0 fully saturated rings. The van der Waals surface area contributed by atoms with Crippen molar-refractivity contribution in [1.82, 2.24) is 0 Å². The summed E-state index contributed by atoms with van der Waals surface area (Å²) in [4.78, 5) is 26.6. The Morgan fingerprint density at radius 1 is 1.27 bits per heavy atom. The Labute approximate surface area is 156 Å². The molecule has 4 nitrogen and oxygen atoms in total. The number of esters is 1. The zero-order valence-corrected chi connectivity index (χ0v) is 15.3. The summed E-state index contributed by atoms with van der Waals surface area (Å²) in [6, 6.07) is 11.8. The highest BCUT2D eigenvalue weighted by atomic mass is 35.5. The fourth-order valence-corrected chi connectivity index (χ4v) is 3.46. The SMILES string of the molecule is C[C@H](OC(=O)Cc1c(F)cccc1Cl)C(=O)N1c2ccccc2C[C@H]1C. The Morgan fingerprint density at radius 3 is 2.73 bits per heavy atom. The van der Waals surface area contributed by atoms with E-state index in [9.17, 15) is 14.0 Å². The van der Waals surface area contributed by atoms with Gasteiger partial charge >= 0.3 is 5.97 Å². The molecule has 2 atom stereocenters. The van der Waals surface area contributed by atoms with E-state index in [2.05, 4.69) is 0 Å². The average molecular weight is 376 g/mol. The second-order valence-corrected chi connectivity index (χ2v) is 6.81. The highest BCUT2D eigenvalue weighted by molar-refractivity contribution is 6.31. The smallest absolute Gasteiger partial charge is 0.311 e. The second kappa shape index (κ2) is 7.46. The van der Waals surface area contributed by atoms with Gasteiger partial charge in [0.2, 0.25) is 0 Å². The molecule has 1 heterocycles. The number of fused-ring (bicyclic) bond motifs is 1. The van der Waals surface area contributed by atoms with E-state index in [1.807, 2.05) is 31.2 Å². The number of nitrogens with zero attached hydrogens (tertiary/aromatic N) is 1. The second-order valence-electron chi connectivity index (χ2n) is 6.40. The van der Waals surface area contributed by atoms with Crippen molar-refractivity contribution >= 4 is 29.2 Å². The normalized spacial score (nSPS) is 16.9. The summed E-state index contributed by atoms with van der Waals surface area (Å²) in [5, 5.41) is 0.156. The van der Waals surface area contributed by atoms with Gasteiger partial charge in [0.25, 0.3) is 5.91 Å². The number of benzene rings is 2. The summed E-state index contributed by atoms with van der Waals surface area (Å²) in [6.07, 6.45) is -0.537. The molecule has 0 radical (unpaired) electrons. The molecule has 0 aromatic heterocycles. The average Bonchev–Trinajstić information content (AvgIpc) is 2.93. The maximum absolute atomic E-state index is 13.8. The molecule has 1 amide bonds. The summed E-state index contributed by atoms with van der Waals surface area (Å²) in [6.45, 7) is 3.47. The van der Waals surface area contributed by atoms with Crippen LogP contribution in [0.4, 0.5) is 10.1 Å². The number of amides is 1. The van der Waals surface area contributed by atoms with Crippen molar-refractivity contribution in [2.24, 2.45) is 0 Å². The first kappa shape index (κ1) is 18.4. The van der Waals surface area contributed by atoms with Crippen LogP contribution in [0, 0.1) is 5.82 Å². The van der Waals surface area contributed by atoms with Crippen molar-refractivity contribution in [1.29, 1.82) is 0 Å². The van der Waals surface area contributed by atoms with Gasteiger partial charge in [0.15, 0.2) is 6.10 Å². The Morgan fingerprint density at radius 2 is 2.00 bits per heavy atom. The molecule has 26 heavy (non-hydrogen) atoms. The molecule has 0 spiro atoms. The monoisotopic (exact) mass is 375 g/mol. The van der Waals surface area contributed by atoms with Gasteiger partial charge in [-0.15, -0.1) is 0 Å². The highest BCUT2D eigenvalue weighted by Crippen LogP contribution is 2.32. The van der Waals surface area contributed by atoms with Crippen molar-refractivity contribution in [2.45, 2.75) is 38.8 Å². The summed E-state index contributed by atoms with van der Waals surface area (Å²) in [7, 11) is 0. The first-order valence-electron chi connectivity index (χ1n) is 8.42. The van der Waals surface area contributed by atoms with E-state index >= 15 is 0 Å².